The van der Waals surface area contributed by atoms with Crippen LogP contribution in [0.15, 0.2) is 16.9 Å². The molecule has 1 aromatic rings. The van der Waals surface area contributed by atoms with Crippen molar-refractivity contribution in [2.24, 2.45) is 7.05 Å². The van der Waals surface area contributed by atoms with Gasteiger partial charge in [-0.15, -0.1) is 0 Å². The molecule has 1 atom stereocenters. The first kappa shape index (κ1) is 14.7. The number of nitrogens with one attached hydrogen (secondary N) is 3. The van der Waals surface area contributed by atoms with E-state index in [1.807, 2.05) is 0 Å². The first-order valence-corrected chi connectivity index (χ1v) is 6.37. The van der Waals surface area contributed by atoms with Crippen LogP contribution >= 0.6 is 0 Å². The second-order valence-corrected chi connectivity index (χ2v) is 4.61. The SMILES string of the molecule is Cn1nc(CCC(=O)NC2CNC(=O)NC2=O)ccc1=O. The second kappa shape index (κ2) is 6.16. The van der Waals surface area contributed by atoms with E-state index in [1.54, 1.807) is 6.07 Å². The Morgan fingerprint density at radius 3 is 2.86 bits per heavy atom. The van der Waals surface area contributed by atoms with Gasteiger partial charge >= 0.3 is 6.03 Å². The Morgan fingerprint density at radius 2 is 2.19 bits per heavy atom. The number of carbonyl (C=O) groups excluding carboxylic acids is 3. The van der Waals surface area contributed by atoms with E-state index >= 15 is 0 Å². The predicted molar refractivity (Wildman–Crippen MR) is 71.3 cm³/mol. The molecule has 21 heavy (non-hydrogen) atoms. The fourth-order valence-corrected chi connectivity index (χ4v) is 1.84. The first-order valence-electron chi connectivity index (χ1n) is 6.37. The lowest BCUT2D eigenvalue weighted by atomic mass is 10.2. The maximum Gasteiger partial charge on any atom is 0.321 e. The molecule has 2 rings (SSSR count). The maximum atomic E-state index is 11.8. The summed E-state index contributed by atoms with van der Waals surface area (Å²) in [5.74, 6) is -0.866. The summed E-state index contributed by atoms with van der Waals surface area (Å²) in [6.45, 7) is 0.0640. The molecule has 9 nitrogen and oxygen atoms in total. The van der Waals surface area contributed by atoms with Gasteiger partial charge < -0.3 is 10.6 Å². The minimum atomic E-state index is -0.775. The molecule has 2 heterocycles. The Balaban J connectivity index is 1.84. The van der Waals surface area contributed by atoms with Crippen molar-refractivity contribution in [1.82, 2.24) is 25.7 Å². The minimum absolute atomic E-state index is 0.0640. The van der Waals surface area contributed by atoms with Gasteiger partial charge in [-0.3, -0.25) is 19.7 Å². The first-order chi connectivity index (χ1) is 9.95. The number of imide groups is 1. The summed E-state index contributed by atoms with van der Waals surface area (Å²) in [6, 6.07) is 1.59. The smallest absolute Gasteiger partial charge is 0.321 e. The summed E-state index contributed by atoms with van der Waals surface area (Å²) in [4.78, 5) is 45.3. The van der Waals surface area contributed by atoms with Crippen LogP contribution in [-0.4, -0.2) is 40.2 Å². The van der Waals surface area contributed by atoms with E-state index in [0.717, 1.165) is 0 Å². The van der Waals surface area contributed by atoms with E-state index in [2.05, 4.69) is 21.0 Å². The van der Waals surface area contributed by atoms with Gasteiger partial charge in [-0.05, 0) is 6.07 Å². The van der Waals surface area contributed by atoms with Gasteiger partial charge in [-0.2, -0.15) is 5.10 Å². The van der Waals surface area contributed by atoms with Crippen LogP contribution in [0.4, 0.5) is 4.79 Å². The van der Waals surface area contributed by atoms with Gasteiger partial charge in [0.05, 0.1) is 5.69 Å². The van der Waals surface area contributed by atoms with Crippen LogP contribution in [0.1, 0.15) is 12.1 Å². The van der Waals surface area contributed by atoms with Crippen molar-refractivity contribution in [3.05, 3.63) is 28.2 Å². The highest BCUT2D eigenvalue weighted by Gasteiger charge is 2.27. The largest absolute Gasteiger partial charge is 0.343 e. The highest BCUT2D eigenvalue weighted by atomic mass is 16.2. The molecule has 4 amide bonds. The van der Waals surface area contributed by atoms with Crippen LogP contribution in [0, 0.1) is 0 Å². The number of hydrogen-bond donors (Lipinski definition) is 3. The van der Waals surface area contributed by atoms with Gasteiger partial charge in [-0.25, -0.2) is 9.48 Å². The number of aromatic nitrogens is 2. The summed E-state index contributed by atoms with van der Waals surface area (Å²) < 4.78 is 1.19. The third kappa shape index (κ3) is 3.88. The van der Waals surface area contributed by atoms with Crippen LogP contribution < -0.4 is 21.5 Å². The molecule has 1 fully saturated rings. The van der Waals surface area contributed by atoms with Gasteiger partial charge in [0, 0.05) is 32.5 Å². The van der Waals surface area contributed by atoms with E-state index < -0.39 is 18.0 Å². The topological polar surface area (TPSA) is 122 Å². The van der Waals surface area contributed by atoms with Crippen molar-refractivity contribution in [1.29, 1.82) is 0 Å². The van der Waals surface area contributed by atoms with Crippen molar-refractivity contribution in [3.63, 3.8) is 0 Å². The van der Waals surface area contributed by atoms with Crippen molar-refractivity contribution in [2.45, 2.75) is 18.9 Å². The number of urea groups is 1. The van der Waals surface area contributed by atoms with Gasteiger partial charge in [0.1, 0.15) is 6.04 Å². The Bertz CT molecular complexity index is 639. The monoisotopic (exact) mass is 293 g/mol. The molecule has 0 saturated carbocycles. The van der Waals surface area contributed by atoms with E-state index in [4.69, 9.17) is 0 Å². The lowest BCUT2D eigenvalue weighted by Crippen LogP contribution is -2.60. The summed E-state index contributed by atoms with van der Waals surface area (Å²) in [6.07, 6.45) is 0.476. The van der Waals surface area contributed by atoms with Gasteiger partial charge in [0.25, 0.3) is 11.5 Å². The van der Waals surface area contributed by atoms with Crippen molar-refractivity contribution >= 4 is 17.8 Å². The predicted octanol–water partition coefficient (Wildman–Crippen LogP) is -1.96. The lowest BCUT2D eigenvalue weighted by molar-refractivity contribution is -0.128. The standard InChI is InChI=1S/C12H15N5O4/c1-17-10(19)5-3-7(16-17)2-4-9(18)14-8-6-13-12(21)15-11(8)20/h3,5,8H,2,4,6H2,1H3,(H,14,18)(H2,13,15,20,21). The zero-order valence-corrected chi connectivity index (χ0v) is 11.4. The highest BCUT2D eigenvalue weighted by Crippen LogP contribution is 1.98. The number of rotatable bonds is 4. The summed E-state index contributed by atoms with van der Waals surface area (Å²) in [7, 11) is 1.53. The molecule has 1 saturated heterocycles. The normalized spacial score (nSPS) is 17.9. The van der Waals surface area contributed by atoms with E-state index in [0.29, 0.717) is 12.1 Å². The van der Waals surface area contributed by atoms with Crippen LogP contribution in [-0.2, 0) is 23.1 Å². The van der Waals surface area contributed by atoms with Gasteiger partial charge in [-0.1, -0.05) is 0 Å². The van der Waals surface area contributed by atoms with E-state index in [9.17, 15) is 19.2 Å². The number of hydrogen-bond acceptors (Lipinski definition) is 5. The fraction of sp³-hybridized carbons (Fsp3) is 0.417. The molecule has 112 valence electrons. The molecule has 0 aliphatic carbocycles. The molecule has 3 N–H and O–H groups in total. The van der Waals surface area contributed by atoms with E-state index in [1.165, 1.54) is 17.8 Å². The Hall–Kier alpha value is -2.71. The molecule has 1 unspecified atom stereocenters. The Labute approximate surface area is 119 Å². The molecule has 1 aromatic heterocycles. The number of amides is 4. The summed E-state index contributed by atoms with van der Waals surface area (Å²) >= 11 is 0. The molecule has 9 heteroatoms. The van der Waals surface area contributed by atoms with Gasteiger partial charge in [0.15, 0.2) is 0 Å². The number of aryl methyl sites for hydroxylation is 2. The lowest BCUT2D eigenvalue weighted by Gasteiger charge is -2.22. The number of carbonyl (C=O) groups is 3. The second-order valence-electron chi connectivity index (χ2n) is 4.61. The average molecular weight is 293 g/mol. The summed E-state index contributed by atoms with van der Waals surface area (Å²) in [5.41, 5.74) is 0.381. The molecule has 1 aliphatic rings. The van der Waals surface area contributed by atoms with Crippen molar-refractivity contribution in [2.75, 3.05) is 6.54 Å². The molecular formula is C12H15N5O4. The Kier molecular flexibility index (Phi) is 4.31. The Morgan fingerprint density at radius 1 is 1.43 bits per heavy atom. The van der Waals surface area contributed by atoms with Crippen LogP contribution in [0.25, 0.3) is 0 Å². The molecule has 0 bridgehead atoms. The van der Waals surface area contributed by atoms with E-state index in [-0.39, 0.29) is 24.4 Å². The molecule has 0 radical (unpaired) electrons. The van der Waals surface area contributed by atoms with Crippen molar-refractivity contribution in [3.8, 4) is 0 Å². The zero-order chi connectivity index (χ0) is 15.4. The summed E-state index contributed by atoms with van der Waals surface area (Å²) in [5, 5.41) is 11.0. The van der Waals surface area contributed by atoms with Crippen LogP contribution in [0.3, 0.4) is 0 Å². The molecule has 0 aromatic carbocycles. The highest BCUT2D eigenvalue weighted by molar-refractivity contribution is 6.01. The molecular weight excluding hydrogens is 278 g/mol. The average Bonchev–Trinajstić information content (AvgIpc) is 2.43. The van der Waals surface area contributed by atoms with Crippen molar-refractivity contribution < 1.29 is 14.4 Å². The zero-order valence-electron chi connectivity index (χ0n) is 11.4. The van der Waals surface area contributed by atoms with Crippen LogP contribution in [0.5, 0.6) is 0 Å². The quantitative estimate of drug-likeness (QED) is 0.595. The van der Waals surface area contributed by atoms with Gasteiger partial charge in [0.2, 0.25) is 5.91 Å². The molecule has 0 spiro atoms. The number of nitrogens with zero attached hydrogens (tertiary/aromatic N) is 2. The minimum Gasteiger partial charge on any atom is -0.343 e. The third-order valence-corrected chi connectivity index (χ3v) is 2.98. The molecule has 1 aliphatic heterocycles. The fourth-order valence-electron chi connectivity index (χ4n) is 1.84. The third-order valence-electron chi connectivity index (χ3n) is 2.98. The van der Waals surface area contributed by atoms with Crippen LogP contribution in [0.2, 0.25) is 0 Å². The maximum absolute atomic E-state index is 11.8.